The van der Waals surface area contributed by atoms with Gasteiger partial charge in [0.15, 0.2) is 0 Å². The molecule has 1 fully saturated rings. The van der Waals surface area contributed by atoms with Crippen molar-refractivity contribution in [3.63, 3.8) is 0 Å². The number of carbonyl (C=O) groups is 1. The van der Waals surface area contributed by atoms with Crippen LogP contribution in [0.5, 0.6) is 0 Å². The summed E-state index contributed by atoms with van der Waals surface area (Å²) in [7, 11) is 0. The molecule has 1 aliphatic carbocycles. The van der Waals surface area contributed by atoms with Gasteiger partial charge in [0, 0.05) is 5.02 Å². The number of hydrogen-bond donors (Lipinski definition) is 1. The molecule has 23 heavy (non-hydrogen) atoms. The van der Waals surface area contributed by atoms with E-state index in [4.69, 9.17) is 21.1 Å². The molecule has 2 rings (SSSR count). The van der Waals surface area contributed by atoms with Gasteiger partial charge in [0.2, 0.25) is 0 Å². The van der Waals surface area contributed by atoms with Crippen molar-refractivity contribution in [3.05, 3.63) is 34.9 Å². The standard InChI is InChI=1S/C18H26ClNO3/c1-18(2,3)23-17(21)20-15-6-4-5-7-16(15)22-12-13-8-10-14(19)11-9-13/h8-11,15-16H,4-7,12H2,1-3H3,(H,20,21)/t15-,16-/m0/s1. The van der Waals surface area contributed by atoms with Gasteiger partial charge in [-0.25, -0.2) is 4.79 Å². The molecular formula is C18H26ClNO3. The summed E-state index contributed by atoms with van der Waals surface area (Å²) in [4.78, 5) is 12.0. The summed E-state index contributed by atoms with van der Waals surface area (Å²) in [5.74, 6) is 0. The van der Waals surface area contributed by atoms with Gasteiger partial charge in [0.1, 0.15) is 5.60 Å². The molecule has 1 aromatic carbocycles. The van der Waals surface area contributed by atoms with Crippen molar-refractivity contribution in [1.29, 1.82) is 0 Å². The summed E-state index contributed by atoms with van der Waals surface area (Å²) in [5.41, 5.74) is 0.592. The molecule has 1 aliphatic rings. The molecule has 0 bridgehead atoms. The molecule has 0 heterocycles. The van der Waals surface area contributed by atoms with Crippen LogP contribution >= 0.6 is 11.6 Å². The first kappa shape index (κ1) is 18.1. The molecule has 0 radical (unpaired) electrons. The lowest BCUT2D eigenvalue weighted by Gasteiger charge is -2.32. The maximum Gasteiger partial charge on any atom is 0.407 e. The van der Waals surface area contributed by atoms with Crippen LogP contribution in [0.4, 0.5) is 4.79 Å². The highest BCUT2D eigenvalue weighted by Gasteiger charge is 2.29. The first-order chi connectivity index (χ1) is 10.8. The highest BCUT2D eigenvalue weighted by Crippen LogP contribution is 2.23. The molecule has 128 valence electrons. The zero-order chi connectivity index (χ0) is 16.9. The van der Waals surface area contributed by atoms with Crippen molar-refractivity contribution in [2.24, 2.45) is 0 Å². The van der Waals surface area contributed by atoms with Gasteiger partial charge in [-0.2, -0.15) is 0 Å². The molecule has 0 aliphatic heterocycles. The lowest BCUT2D eigenvalue weighted by atomic mass is 9.92. The van der Waals surface area contributed by atoms with E-state index in [1.807, 2.05) is 45.0 Å². The van der Waals surface area contributed by atoms with E-state index in [0.29, 0.717) is 6.61 Å². The Bertz CT molecular complexity index is 510. The minimum atomic E-state index is -0.488. The first-order valence-electron chi connectivity index (χ1n) is 8.19. The van der Waals surface area contributed by atoms with Crippen LogP contribution in [0.25, 0.3) is 0 Å². The number of alkyl carbamates (subject to hydrolysis) is 1. The van der Waals surface area contributed by atoms with Gasteiger partial charge in [0.05, 0.1) is 18.8 Å². The van der Waals surface area contributed by atoms with Gasteiger partial charge in [-0.1, -0.05) is 36.6 Å². The zero-order valence-electron chi connectivity index (χ0n) is 14.1. The quantitative estimate of drug-likeness (QED) is 0.865. The third-order valence-electron chi connectivity index (χ3n) is 3.78. The second kappa shape index (κ2) is 8.02. The van der Waals surface area contributed by atoms with Gasteiger partial charge in [-0.05, 0) is 51.3 Å². The molecule has 1 aromatic rings. The fourth-order valence-corrected chi connectivity index (χ4v) is 2.83. The van der Waals surface area contributed by atoms with Crippen LogP contribution in [0.2, 0.25) is 5.02 Å². The smallest absolute Gasteiger partial charge is 0.407 e. The van der Waals surface area contributed by atoms with Crippen LogP contribution in [0.3, 0.4) is 0 Å². The van der Waals surface area contributed by atoms with Crippen molar-refractivity contribution in [3.8, 4) is 0 Å². The van der Waals surface area contributed by atoms with E-state index in [0.717, 1.165) is 36.3 Å². The number of rotatable bonds is 4. The average Bonchev–Trinajstić information content (AvgIpc) is 2.46. The van der Waals surface area contributed by atoms with E-state index in [1.54, 1.807) is 0 Å². The SMILES string of the molecule is CC(C)(C)OC(=O)N[C@H]1CCCC[C@@H]1OCc1ccc(Cl)cc1. The fraction of sp³-hybridized carbons (Fsp3) is 0.611. The number of benzene rings is 1. The van der Waals surface area contributed by atoms with Crippen molar-refractivity contribution in [2.45, 2.75) is 70.8 Å². The van der Waals surface area contributed by atoms with E-state index in [9.17, 15) is 4.79 Å². The van der Waals surface area contributed by atoms with Crippen LogP contribution < -0.4 is 5.32 Å². The fourth-order valence-electron chi connectivity index (χ4n) is 2.70. The molecule has 1 amide bonds. The lowest BCUT2D eigenvalue weighted by Crippen LogP contribution is -2.47. The molecule has 4 nitrogen and oxygen atoms in total. The number of carbonyl (C=O) groups excluding carboxylic acids is 1. The summed E-state index contributed by atoms with van der Waals surface area (Å²) in [6.45, 7) is 6.11. The highest BCUT2D eigenvalue weighted by molar-refractivity contribution is 6.30. The van der Waals surface area contributed by atoms with Crippen LogP contribution in [0.15, 0.2) is 24.3 Å². The normalized spacial score (nSPS) is 21.7. The minimum absolute atomic E-state index is 0.00546. The van der Waals surface area contributed by atoms with Gasteiger partial charge >= 0.3 is 6.09 Å². The molecular weight excluding hydrogens is 314 g/mol. The molecule has 5 heteroatoms. The van der Waals surface area contributed by atoms with Crippen molar-refractivity contribution < 1.29 is 14.3 Å². The molecule has 0 aromatic heterocycles. The lowest BCUT2D eigenvalue weighted by molar-refractivity contribution is -0.0113. The predicted octanol–water partition coefficient (Wildman–Crippen LogP) is 4.69. The maximum absolute atomic E-state index is 12.0. The second-order valence-corrected chi connectivity index (χ2v) is 7.45. The average molecular weight is 340 g/mol. The Morgan fingerprint density at radius 1 is 1.22 bits per heavy atom. The second-order valence-electron chi connectivity index (χ2n) is 7.01. The number of amides is 1. The Kier molecular flexibility index (Phi) is 6.31. The number of ether oxygens (including phenoxy) is 2. The Labute approximate surface area is 143 Å². The number of halogens is 1. The molecule has 1 N–H and O–H groups in total. The zero-order valence-corrected chi connectivity index (χ0v) is 14.9. The summed E-state index contributed by atoms with van der Waals surface area (Å²) in [5, 5.41) is 3.68. The van der Waals surface area contributed by atoms with E-state index in [1.165, 1.54) is 0 Å². The largest absolute Gasteiger partial charge is 0.444 e. The van der Waals surface area contributed by atoms with Crippen molar-refractivity contribution >= 4 is 17.7 Å². The van der Waals surface area contributed by atoms with Gasteiger partial charge in [-0.3, -0.25) is 0 Å². The first-order valence-corrected chi connectivity index (χ1v) is 8.57. The van der Waals surface area contributed by atoms with E-state index in [2.05, 4.69) is 5.32 Å². The van der Waals surface area contributed by atoms with Gasteiger partial charge in [-0.15, -0.1) is 0 Å². The highest BCUT2D eigenvalue weighted by atomic mass is 35.5. The summed E-state index contributed by atoms with van der Waals surface area (Å²) >= 11 is 5.89. The van der Waals surface area contributed by atoms with Gasteiger partial charge < -0.3 is 14.8 Å². The van der Waals surface area contributed by atoms with Crippen molar-refractivity contribution in [2.75, 3.05) is 0 Å². The third-order valence-corrected chi connectivity index (χ3v) is 4.03. The van der Waals surface area contributed by atoms with Crippen LogP contribution in [0, 0.1) is 0 Å². The monoisotopic (exact) mass is 339 g/mol. The van der Waals surface area contributed by atoms with E-state index < -0.39 is 5.60 Å². The number of hydrogen-bond acceptors (Lipinski definition) is 3. The Morgan fingerprint density at radius 3 is 2.52 bits per heavy atom. The number of nitrogens with one attached hydrogen (secondary N) is 1. The van der Waals surface area contributed by atoms with Crippen LogP contribution in [-0.2, 0) is 16.1 Å². The molecule has 1 saturated carbocycles. The molecule has 2 atom stereocenters. The maximum atomic E-state index is 12.0. The Balaban J connectivity index is 1.87. The summed E-state index contributed by atoms with van der Waals surface area (Å²) in [6, 6.07) is 7.64. The molecule has 0 spiro atoms. The van der Waals surface area contributed by atoms with Crippen molar-refractivity contribution in [1.82, 2.24) is 5.32 Å². The topological polar surface area (TPSA) is 47.6 Å². The summed E-state index contributed by atoms with van der Waals surface area (Å²) < 4.78 is 11.4. The van der Waals surface area contributed by atoms with E-state index >= 15 is 0 Å². The van der Waals surface area contributed by atoms with Gasteiger partial charge in [0.25, 0.3) is 0 Å². The van der Waals surface area contributed by atoms with E-state index in [-0.39, 0.29) is 18.2 Å². The predicted molar refractivity (Wildman–Crippen MR) is 91.7 cm³/mol. The molecule has 0 unspecified atom stereocenters. The molecule has 0 saturated heterocycles. The Morgan fingerprint density at radius 2 is 1.87 bits per heavy atom. The van der Waals surface area contributed by atoms with Crippen LogP contribution in [-0.4, -0.2) is 23.8 Å². The minimum Gasteiger partial charge on any atom is -0.444 e. The summed E-state index contributed by atoms with van der Waals surface area (Å²) in [6.07, 6.45) is 3.74. The van der Waals surface area contributed by atoms with Crippen LogP contribution in [0.1, 0.15) is 52.0 Å². The Hall–Kier alpha value is -1.26. The third kappa shape index (κ3) is 6.40.